The summed E-state index contributed by atoms with van der Waals surface area (Å²) in [6.45, 7) is 5.40. The molecule has 148 valence electrons. The van der Waals surface area contributed by atoms with Crippen molar-refractivity contribution in [3.05, 3.63) is 35.9 Å². The van der Waals surface area contributed by atoms with Gasteiger partial charge in [0.05, 0.1) is 5.75 Å². The summed E-state index contributed by atoms with van der Waals surface area (Å²) >= 11 is 0. The molecule has 1 aliphatic heterocycles. The maximum atomic E-state index is 13.2. The largest absolute Gasteiger partial charge is 0.299 e. The fourth-order valence-electron chi connectivity index (χ4n) is 5.85. The first kappa shape index (κ1) is 19.1. The summed E-state index contributed by atoms with van der Waals surface area (Å²) in [5.41, 5.74) is 0.480. The number of benzene rings is 1. The Bertz CT molecular complexity index is 809. The van der Waals surface area contributed by atoms with Gasteiger partial charge in [0.15, 0.2) is 0 Å². The Hall–Kier alpha value is -1.20. The zero-order valence-corrected chi connectivity index (χ0v) is 17.3. The van der Waals surface area contributed by atoms with Crippen LogP contribution in [0.2, 0.25) is 0 Å². The van der Waals surface area contributed by atoms with Gasteiger partial charge in [-0.15, -0.1) is 0 Å². The van der Waals surface area contributed by atoms with Crippen molar-refractivity contribution in [2.24, 2.45) is 22.7 Å². The molecule has 0 aromatic heterocycles. The summed E-state index contributed by atoms with van der Waals surface area (Å²) in [6, 6.07) is 10.4. The number of hydrogen-bond acceptors (Lipinski definition) is 3. The average molecular weight is 390 g/mol. The third kappa shape index (κ3) is 3.17. The van der Waals surface area contributed by atoms with Gasteiger partial charge in [-0.3, -0.25) is 4.79 Å². The summed E-state index contributed by atoms with van der Waals surface area (Å²) in [5.74, 6) is 1.10. The lowest BCUT2D eigenvalue weighted by Gasteiger charge is -2.39. The molecule has 1 aromatic rings. The maximum absolute atomic E-state index is 13.2. The van der Waals surface area contributed by atoms with E-state index in [1.54, 1.807) is 4.31 Å². The lowest BCUT2D eigenvalue weighted by Crippen LogP contribution is -2.48. The number of nitrogens with zero attached hydrogens (tertiary/aromatic N) is 1. The van der Waals surface area contributed by atoms with E-state index in [0.29, 0.717) is 31.3 Å². The number of carbonyl (C=O) groups is 1. The summed E-state index contributed by atoms with van der Waals surface area (Å²) in [6.07, 6.45) is 5.14. The number of ketones is 1. The zero-order chi connectivity index (χ0) is 19.3. The number of piperidine rings is 1. The highest BCUT2D eigenvalue weighted by molar-refractivity contribution is 7.89. The number of carbonyl (C=O) groups excluding carboxylic acids is 1. The van der Waals surface area contributed by atoms with Crippen LogP contribution < -0.4 is 0 Å². The highest BCUT2D eigenvalue weighted by atomic mass is 32.2. The van der Waals surface area contributed by atoms with E-state index in [9.17, 15) is 13.2 Å². The standard InChI is InChI=1S/C22H31NO3S/c1-21(2)19-8-11-22(21,20(24)15-19)16-27(25,26)23-12-9-18(10-13-23)14-17-6-4-3-5-7-17/h3-7,18-19H,8-16H2,1-2H3/t19-,22+/m1/s1. The van der Waals surface area contributed by atoms with Gasteiger partial charge >= 0.3 is 0 Å². The van der Waals surface area contributed by atoms with Crippen molar-refractivity contribution >= 4 is 15.8 Å². The van der Waals surface area contributed by atoms with Crippen molar-refractivity contribution < 1.29 is 13.2 Å². The maximum Gasteiger partial charge on any atom is 0.215 e. The van der Waals surface area contributed by atoms with Gasteiger partial charge < -0.3 is 0 Å². The van der Waals surface area contributed by atoms with Crippen LogP contribution in [0.15, 0.2) is 30.3 Å². The van der Waals surface area contributed by atoms with Crippen molar-refractivity contribution in [1.82, 2.24) is 4.31 Å². The predicted octanol–water partition coefficient (Wildman–Crippen LogP) is 3.67. The van der Waals surface area contributed by atoms with Crippen LogP contribution in [-0.4, -0.2) is 37.3 Å². The molecule has 0 spiro atoms. The third-order valence-electron chi connectivity index (χ3n) is 7.90. The zero-order valence-electron chi connectivity index (χ0n) is 16.5. The molecule has 5 heteroatoms. The first-order valence-corrected chi connectivity index (χ1v) is 11.9. The summed E-state index contributed by atoms with van der Waals surface area (Å²) in [4.78, 5) is 12.7. The van der Waals surface area contributed by atoms with Crippen molar-refractivity contribution in [1.29, 1.82) is 0 Å². The van der Waals surface area contributed by atoms with Crippen LogP contribution in [0.25, 0.3) is 0 Å². The van der Waals surface area contributed by atoms with Crippen LogP contribution >= 0.6 is 0 Å². The van der Waals surface area contributed by atoms with Crippen LogP contribution in [-0.2, 0) is 21.2 Å². The second-order valence-corrected chi connectivity index (χ2v) is 11.4. The minimum absolute atomic E-state index is 0.0195. The number of rotatable bonds is 5. The first-order chi connectivity index (χ1) is 12.7. The monoisotopic (exact) mass is 389 g/mol. The molecule has 0 radical (unpaired) electrons. The van der Waals surface area contributed by atoms with E-state index in [1.165, 1.54) is 5.56 Å². The van der Waals surface area contributed by atoms with Crippen molar-refractivity contribution in [2.75, 3.05) is 18.8 Å². The van der Waals surface area contributed by atoms with Gasteiger partial charge in [0, 0.05) is 24.9 Å². The van der Waals surface area contributed by atoms with Gasteiger partial charge in [-0.2, -0.15) is 0 Å². The average Bonchev–Trinajstić information content (AvgIpc) is 2.97. The molecule has 2 aliphatic carbocycles. The van der Waals surface area contributed by atoms with Crippen LogP contribution in [0.3, 0.4) is 0 Å². The molecule has 2 atom stereocenters. The molecule has 4 nitrogen and oxygen atoms in total. The molecule has 1 saturated heterocycles. The second-order valence-electron chi connectivity index (χ2n) is 9.46. The van der Waals surface area contributed by atoms with Gasteiger partial charge in [-0.1, -0.05) is 44.2 Å². The summed E-state index contributed by atoms with van der Waals surface area (Å²) < 4.78 is 28.1. The molecular weight excluding hydrogens is 358 g/mol. The first-order valence-electron chi connectivity index (χ1n) is 10.3. The van der Waals surface area contributed by atoms with E-state index in [0.717, 1.165) is 32.1 Å². The Labute approximate surface area is 163 Å². The number of hydrogen-bond donors (Lipinski definition) is 0. The predicted molar refractivity (Wildman–Crippen MR) is 107 cm³/mol. The van der Waals surface area contributed by atoms with E-state index < -0.39 is 15.4 Å². The van der Waals surface area contributed by atoms with Gasteiger partial charge in [0.2, 0.25) is 10.0 Å². The molecule has 3 aliphatic rings. The van der Waals surface area contributed by atoms with E-state index in [-0.39, 0.29) is 17.0 Å². The number of Topliss-reactive ketones (excluding diaryl/α,β-unsaturated/α-hetero) is 1. The smallest absolute Gasteiger partial charge is 0.215 e. The molecule has 1 aromatic carbocycles. The molecular formula is C22H31NO3S. The van der Waals surface area contributed by atoms with Crippen LogP contribution in [0.5, 0.6) is 0 Å². The summed E-state index contributed by atoms with van der Waals surface area (Å²) in [5, 5.41) is 0. The van der Waals surface area contributed by atoms with Gasteiger partial charge in [-0.25, -0.2) is 12.7 Å². The molecule has 2 bridgehead atoms. The van der Waals surface area contributed by atoms with Gasteiger partial charge in [0.25, 0.3) is 0 Å². The Morgan fingerprint density at radius 2 is 1.74 bits per heavy atom. The van der Waals surface area contributed by atoms with Crippen molar-refractivity contribution in [3.8, 4) is 0 Å². The van der Waals surface area contributed by atoms with Crippen LogP contribution in [0.4, 0.5) is 0 Å². The van der Waals surface area contributed by atoms with Crippen LogP contribution in [0.1, 0.15) is 51.5 Å². The number of sulfonamides is 1. The minimum Gasteiger partial charge on any atom is -0.299 e. The molecule has 3 fully saturated rings. The lowest BCUT2D eigenvalue weighted by molar-refractivity contribution is -0.128. The second kappa shape index (κ2) is 6.70. The molecule has 4 rings (SSSR count). The van der Waals surface area contributed by atoms with Crippen LogP contribution in [0, 0.1) is 22.7 Å². The Morgan fingerprint density at radius 1 is 1.07 bits per heavy atom. The third-order valence-corrected chi connectivity index (χ3v) is 9.91. The summed E-state index contributed by atoms with van der Waals surface area (Å²) in [7, 11) is -3.40. The SMILES string of the molecule is CC1(C)[C@@H]2CC[C@]1(CS(=O)(=O)N1CCC(Cc3ccccc3)CC1)C(=O)C2. The van der Waals surface area contributed by atoms with Crippen molar-refractivity contribution in [3.63, 3.8) is 0 Å². The fraction of sp³-hybridized carbons (Fsp3) is 0.682. The van der Waals surface area contributed by atoms with E-state index in [2.05, 4.69) is 38.1 Å². The highest BCUT2D eigenvalue weighted by Gasteiger charge is 2.65. The Morgan fingerprint density at radius 3 is 2.30 bits per heavy atom. The van der Waals surface area contributed by atoms with E-state index in [1.807, 2.05) is 6.07 Å². The molecule has 1 heterocycles. The highest BCUT2D eigenvalue weighted by Crippen LogP contribution is 2.64. The van der Waals surface area contributed by atoms with Gasteiger partial charge in [-0.05, 0) is 54.9 Å². The molecule has 2 saturated carbocycles. The number of fused-ring (bicyclic) bond motifs is 2. The van der Waals surface area contributed by atoms with E-state index in [4.69, 9.17) is 0 Å². The van der Waals surface area contributed by atoms with Gasteiger partial charge in [0.1, 0.15) is 5.78 Å². The quantitative estimate of drug-likeness (QED) is 0.772. The lowest BCUT2D eigenvalue weighted by atomic mass is 9.70. The Kier molecular flexibility index (Phi) is 4.75. The fourth-order valence-corrected chi connectivity index (χ4v) is 8.10. The topological polar surface area (TPSA) is 54.5 Å². The minimum atomic E-state index is -3.40. The van der Waals surface area contributed by atoms with Crippen molar-refractivity contribution in [2.45, 2.75) is 52.4 Å². The molecule has 27 heavy (non-hydrogen) atoms. The normalized spacial score (nSPS) is 31.5. The molecule has 0 amide bonds. The molecule has 0 N–H and O–H groups in total. The molecule has 0 unspecified atom stereocenters. The van der Waals surface area contributed by atoms with E-state index >= 15 is 0 Å². The Balaban J connectivity index is 1.41.